The van der Waals surface area contributed by atoms with Crippen LogP contribution in [0, 0.1) is 5.92 Å². The van der Waals surface area contributed by atoms with Crippen LogP contribution in [-0.2, 0) is 11.2 Å². The average Bonchev–Trinajstić information content (AvgIpc) is 3.22. The molecular formula is C23H30N4O. The Hall–Kier alpha value is -2.56. The Bertz CT molecular complexity index is 825. The summed E-state index contributed by atoms with van der Waals surface area (Å²) < 4.78 is 0. The molecule has 1 N–H and O–H groups in total. The molecule has 2 aliphatic heterocycles. The number of amides is 1. The third-order valence-corrected chi connectivity index (χ3v) is 5.70. The Morgan fingerprint density at radius 3 is 2.57 bits per heavy atom. The minimum Gasteiger partial charge on any atom is -0.372 e. The van der Waals surface area contributed by atoms with Gasteiger partial charge >= 0.3 is 0 Å². The summed E-state index contributed by atoms with van der Waals surface area (Å²) in [6.45, 7) is 7.47. The van der Waals surface area contributed by atoms with Gasteiger partial charge in [-0.2, -0.15) is 0 Å². The standard InChI is InChI=1S/C23H30N4O/c1-17(2)11-14-27-21-15-22(24-16-18(21)5-10-23(27)28)25-19-6-8-20(9-7-19)26-12-3-4-13-26/h6-9,15-17H,3-5,10-14H2,1-2H3,(H,24,25). The quantitative estimate of drug-likeness (QED) is 0.788. The molecule has 0 spiro atoms. The van der Waals surface area contributed by atoms with E-state index in [0.717, 1.165) is 49.7 Å². The van der Waals surface area contributed by atoms with Crippen LogP contribution in [0.15, 0.2) is 36.5 Å². The molecule has 3 heterocycles. The number of nitrogens with zero attached hydrogens (tertiary/aromatic N) is 3. The number of aryl methyl sites for hydroxylation is 1. The van der Waals surface area contributed by atoms with E-state index in [0.29, 0.717) is 12.3 Å². The summed E-state index contributed by atoms with van der Waals surface area (Å²) in [6, 6.07) is 10.6. The lowest BCUT2D eigenvalue weighted by Gasteiger charge is -2.30. The first-order valence-corrected chi connectivity index (χ1v) is 10.5. The zero-order valence-corrected chi connectivity index (χ0v) is 16.9. The van der Waals surface area contributed by atoms with E-state index in [-0.39, 0.29) is 5.91 Å². The van der Waals surface area contributed by atoms with Gasteiger partial charge in [0.2, 0.25) is 5.91 Å². The number of hydrogen-bond acceptors (Lipinski definition) is 4. The lowest BCUT2D eigenvalue weighted by atomic mass is 10.0. The summed E-state index contributed by atoms with van der Waals surface area (Å²) in [5, 5.41) is 3.40. The fraction of sp³-hybridized carbons (Fsp3) is 0.478. The van der Waals surface area contributed by atoms with Gasteiger partial charge in [0.25, 0.3) is 0 Å². The Balaban J connectivity index is 1.50. The fourth-order valence-electron chi connectivity index (χ4n) is 4.01. The van der Waals surface area contributed by atoms with Crippen LogP contribution >= 0.6 is 0 Å². The van der Waals surface area contributed by atoms with Crippen LogP contribution in [0.2, 0.25) is 0 Å². The lowest BCUT2D eigenvalue weighted by Crippen LogP contribution is -2.36. The highest BCUT2D eigenvalue weighted by atomic mass is 16.2. The first kappa shape index (κ1) is 18.8. The van der Waals surface area contributed by atoms with Crippen LogP contribution in [-0.4, -0.2) is 30.5 Å². The minimum atomic E-state index is 0.222. The number of anilines is 4. The fourth-order valence-corrected chi connectivity index (χ4v) is 4.01. The van der Waals surface area contributed by atoms with E-state index in [1.54, 1.807) is 0 Å². The Morgan fingerprint density at radius 1 is 1.11 bits per heavy atom. The number of hydrogen-bond donors (Lipinski definition) is 1. The van der Waals surface area contributed by atoms with Gasteiger partial charge in [-0.1, -0.05) is 13.8 Å². The zero-order chi connectivity index (χ0) is 19.5. The predicted octanol–water partition coefficient (Wildman–Crippen LogP) is 4.75. The number of pyridine rings is 1. The van der Waals surface area contributed by atoms with Crippen LogP contribution in [0.5, 0.6) is 0 Å². The molecule has 4 rings (SSSR count). The van der Waals surface area contributed by atoms with E-state index in [4.69, 9.17) is 0 Å². The van der Waals surface area contributed by atoms with Crippen molar-refractivity contribution in [3.8, 4) is 0 Å². The Labute approximate surface area is 167 Å². The zero-order valence-electron chi connectivity index (χ0n) is 16.9. The summed E-state index contributed by atoms with van der Waals surface area (Å²) in [6.07, 6.45) is 6.86. The minimum absolute atomic E-state index is 0.222. The molecular weight excluding hydrogens is 348 g/mol. The van der Waals surface area contributed by atoms with Crippen molar-refractivity contribution in [1.82, 2.24) is 4.98 Å². The average molecular weight is 379 g/mol. The molecule has 0 aliphatic carbocycles. The summed E-state index contributed by atoms with van der Waals surface area (Å²) in [4.78, 5) is 21.4. The van der Waals surface area contributed by atoms with Crippen molar-refractivity contribution in [3.05, 3.63) is 42.1 Å². The monoisotopic (exact) mass is 378 g/mol. The SMILES string of the molecule is CC(C)CCN1C(=O)CCc2cnc(Nc3ccc(N4CCCC4)cc3)cc21. The number of nitrogens with one attached hydrogen (secondary N) is 1. The van der Waals surface area contributed by atoms with Gasteiger partial charge in [0, 0.05) is 49.7 Å². The van der Waals surface area contributed by atoms with Crippen LogP contribution in [0.4, 0.5) is 22.9 Å². The molecule has 1 aromatic heterocycles. The Kier molecular flexibility index (Phi) is 5.51. The van der Waals surface area contributed by atoms with Gasteiger partial charge in [-0.25, -0.2) is 4.98 Å². The maximum absolute atomic E-state index is 12.5. The highest BCUT2D eigenvalue weighted by Gasteiger charge is 2.24. The van der Waals surface area contributed by atoms with E-state index in [9.17, 15) is 4.79 Å². The molecule has 0 saturated carbocycles. The van der Waals surface area contributed by atoms with Gasteiger partial charge in [0.05, 0.1) is 5.69 Å². The van der Waals surface area contributed by atoms with Gasteiger partial charge in [-0.3, -0.25) is 4.79 Å². The molecule has 2 aromatic rings. The maximum atomic E-state index is 12.5. The molecule has 1 saturated heterocycles. The summed E-state index contributed by atoms with van der Waals surface area (Å²) in [7, 11) is 0. The molecule has 5 heteroatoms. The van der Waals surface area contributed by atoms with Crippen molar-refractivity contribution < 1.29 is 4.79 Å². The lowest BCUT2D eigenvalue weighted by molar-refractivity contribution is -0.118. The van der Waals surface area contributed by atoms with Gasteiger partial charge in [-0.05, 0) is 61.4 Å². The van der Waals surface area contributed by atoms with E-state index < -0.39 is 0 Å². The summed E-state index contributed by atoms with van der Waals surface area (Å²) in [5.41, 5.74) is 4.49. The van der Waals surface area contributed by atoms with E-state index >= 15 is 0 Å². The molecule has 0 bridgehead atoms. The van der Waals surface area contributed by atoms with Gasteiger partial charge in [0.15, 0.2) is 0 Å². The second kappa shape index (κ2) is 8.21. The highest BCUT2D eigenvalue weighted by Crippen LogP contribution is 2.31. The molecule has 0 unspecified atom stereocenters. The highest BCUT2D eigenvalue weighted by molar-refractivity contribution is 5.96. The van der Waals surface area contributed by atoms with Crippen molar-refractivity contribution >= 4 is 28.8 Å². The first-order chi connectivity index (χ1) is 13.6. The first-order valence-electron chi connectivity index (χ1n) is 10.5. The number of fused-ring (bicyclic) bond motifs is 1. The van der Waals surface area contributed by atoms with Gasteiger partial charge in [-0.15, -0.1) is 0 Å². The second-order valence-electron chi connectivity index (χ2n) is 8.29. The van der Waals surface area contributed by atoms with E-state index in [1.165, 1.54) is 24.1 Å². The smallest absolute Gasteiger partial charge is 0.227 e. The van der Waals surface area contributed by atoms with Gasteiger partial charge in [0.1, 0.15) is 5.82 Å². The normalized spacial score (nSPS) is 16.6. The van der Waals surface area contributed by atoms with Gasteiger partial charge < -0.3 is 15.1 Å². The van der Waals surface area contributed by atoms with Crippen LogP contribution in [0.25, 0.3) is 0 Å². The maximum Gasteiger partial charge on any atom is 0.227 e. The summed E-state index contributed by atoms with van der Waals surface area (Å²) >= 11 is 0. The van der Waals surface area contributed by atoms with Crippen LogP contribution in [0.3, 0.4) is 0 Å². The van der Waals surface area contributed by atoms with Crippen molar-refractivity contribution in [2.45, 2.75) is 46.0 Å². The molecule has 0 radical (unpaired) electrons. The molecule has 5 nitrogen and oxygen atoms in total. The number of carbonyl (C=O) groups excluding carboxylic acids is 1. The molecule has 1 fully saturated rings. The second-order valence-corrected chi connectivity index (χ2v) is 8.29. The molecule has 28 heavy (non-hydrogen) atoms. The predicted molar refractivity (Wildman–Crippen MR) is 116 cm³/mol. The van der Waals surface area contributed by atoms with E-state index in [1.807, 2.05) is 17.2 Å². The number of carbonyl (C=O) groups is 1. The molecule has 0 atom stereocenters. The van der Waals surface area contributed by atoms with Crippen LogP contribution < -0.4 is 15.1 Å². The molecule has 2 aliphatic rings. The molecule has 1 amide bonds. The molecule has 1 aromatic carbocycles. The van der Waals surface area contributed by atoms with Crippen molar-refractivity contribution in [1.29, 1.82) is 0 Å². The van der Waals surface area contributed by atoms with E-state index in [2.05, 4.69) is 53.3 Å². The van der Waals surface area contributed by atoms with Crippen molar-refractivity contribution in [3.63, 3.8) is 0 Å². The third kappa shape index (κ3) is 4.13. The van der Waals surface area contributed by atoms with Crippen LogP contribution in [0.1, 0.15) is 45.1 Å². The largest absolute Gasteiger partial charge is 0.372 e. The molecule has 148 valence electrons. The number of benzene rings is 1. The van der Waals surface area contributed by atoms with Crippen molar-refractivity contribution in [2.75, 3.05) is 34.8 Å². The number of rotatable bonds is 6. The number of aromatic nitrogens is 1. The topological polar surface area (TPSA) is 48.5 Å². The van der Waals surface area contributed by atoms with Crippen molar-refractivity contribution in [2.24, 2.45) is 5.92 Å². The Morgan fingerprint density at radius 2 is 1.86 bits per heavy atom. The summed E-state index contributed by atoms with van der Waals surface area (Å²) in [5.74, 6) is 1.59. The third-order valence-electron chi connectivity index (χ3n) is 5.70.